The number of aromatic nitrogens is 2. The monoisotopic (exact) mass is 521 g/mol. The molecule has 0 amide bonds. The van der Waals surface area contributed by atoms with Crippen LogP contribution in [0.2, 0.25) is 5.02 Å². The summed E-state index contributed by atoms with van der Waals surface area (Å²) in [5.41, 5.74) is 3.86. The maximum Gasteiger partial charge on any atom is 0.131 e. The van der Waals surface area contributed by atoms with Crippen LogP contribution in [-0.2, 0) is 0 Å². The number of piperazine rings is 1. The molecule has 190 valence electrons. The van der Waals surface area contributed by atoms with Crippen molar-refractivity contribution < 1.29 is 9.50 Å². The third kappa shape index (κ3) is 4.81. The van der Waals surface area contributed by atoms with E-state index in [1.807, 2.05) is 12.1 Å². The van der Waals surface area contributed by atoms with E-state index in [0.29, 0.717) is 22.4 Å². The van der Waals surface area contributed by atoms with Crippen molar-refractivity contribution in [3.05, 3.63) is 76.8 Å². The largest absolute Gasteiger partial charge is 0.507 e. The normalized spacial score (nSPS) is 13.9. The van der Waals surface area contributed by atoms with Gasteiger partial charge in [0.1, 0.15) is 11.6 Å². The molecule has 3 aromatic carbocycles. The number of aromatic amines is 1. The first kappa shape index (κ1) is 24.5. The summed E-state index contributed by atoms with van der Waals surface area (Å²) < 4.78 is 14.9. The van der Waals surface area contributed by atoms with Gasteiger partial charge in [0.2, 0.25) is 0 Å². The second-order valence-corrected chi connectivity index (χ2v) is 9.02. The number of nitrogens with one attached hydrogen (secondary N) is 3. The number of nitroso groups, excluding NO2 is 1. The Morgan fingerprint density at radius 3 is 2.62 bits per heavy atom. The number of anilines is 2. The van der Waals surface area contributed by atoms with Gasteiger partial charge < -0.3 is 20.6 Å². The zero-order valence-corrected chi connectivity index (χ0v) is 20.8. The third-order valence-electron chi connectivity index (χ3n) is 6.36. The van der Waals surface area contributed by atoms with Crippen molar-refractivity contribution in [3.63, 3.8) is 0 Å². The van der Waals surface area contributed by atoms with E-state index in [-0.39, 0.29) is 16.3 Å². The predicted molar refractivity (Wildman–Crippen MR) is 145 cm³/mol. The maximum atomic E-state index is 14.9. The minimum atomic E-state index is -0.510. The lowest BCUT2D eigenvalue weighted by Gasteiger charge is -2.30. The molecule has 4 N–H and O–H groups in total. The van der Waals surface area contributed by atoms with E-state index in [1.54, 1.807) is 31.4 Å². The summed E-state index contributed by atoms with van der Waals surface area (Å²) in [4.78, 5) is 13.5. The zero-order valence-electron chi connectivity index (χ0n) is 20.0. The molecule has 0 bridgehead atoms. The van der Waals surface area contributed by atoms with Gasteiger partial charge in [-0.25, -0.2) is 9.40 Å². The first-order valence-electron chi connectivity index (χ1n) is 11.7. The third-order valence-corrected chi connectivity index (χ3v) is 6.66. The molecule has 0 aliphatic carbocycles. The summed E-state index contributed by atoms with van der Waals surface area (Å²) in [5, 5.41) is 29.8. The Morgan fingerprint density at radius 1 is 1.16 bits per heavy atom. The highest BCUT2D eigenvalue weighted by atomic mass is 35.5. The van der Waals surface area contributed by atoms with Gasteiger partial charge in [0.05, 0.1) is 27.7 Å². The van der Waals surface area contributed by atoms with E-state index in [9.17, 15) is 14.4 Å². The number of rotatable bonds is 7. The van der Waals surface area contributed by atoms with Crippen LogP contribution in [0.1, 0.15) is 0 Å². The highest BCUT2D eigenvalue weighted by molar-refractivity contribution is 6.33. The number of benzene rings is 3. The Morgan fingerprint density at radius 2 is 1.92 bits per heavy atom. The quantitative estimate of drug-likeness (QED) is 0.200. The summed E-state index contributed by atoms with van der Waals surface area (Å²) in [6, 6.07) is 11.2. The van der Waals surface area contributed by atoms with Crippen LogP contribution in [0.4, 0.5) is 15.8 Å². The summed E-state index contributed by atoms with van der Waals surface area (Å²) in [6.45, 7) is 3.37. The van der Waals surface area contributed by atoms with E-state index in [2.05, 4.69) is 31.0 Å². The lowest BCUT2D eigenvalue weighted by atomic mass is 9.95. The van der Waals surface area contributed by atoms with Crippen LogP contribution in [0.15, 0.2) is 66.3 Å². The van der Waals surface area contributed by atoms with Crippen LogP contribution in [0.25, 0.3) is 33.2 Å². The maximum absolute atomic E-state index is 14.9. The van der Waals surface area contributed by atoms with E-state index in [1.165, 1.54) is 24.5 Å². The Hall–Kier alpha value is -4.15. The number of halogens is 2. The van der Waals surface area contributed by atoms with Crippen molar-refractivity contribution in [1.29, 1.82) is 0 Å². The molecule has 0 atom stereocenters. The fourth-order valence-electron chi connectivity index (χ4n) is 4.55. The summed E-state index contributed by atoms with van der Waals surface area (Å²) in [6.07, 6.45) is 4.73. The molecule has 1 saturated heterocycles. The average Bonchev–Trinajstić information content (AvgIpc) is 3.39. The molecule has 0 spiro atoms. The lowest BCUT2D eigenvalue weighted by Crippen LogP contribution is -2.43. The van der Waals surface area contributed by atoms with Crippen molar-refractivity contribution in [3.8, 4) is 28.0 Å². The topological polar surface area (TPSA) is 109 Å². The van der Waals surface area contributed by atoms with Gasteiger partial charge in [0, 0.05) is 67.8 Å². The molecule has 5 rings (SSSR count). The van der Waals surface area contributed by atoms with Crippen molar-refractivity contribution in [2.45, 2.75) is 0 Å². The summed E-state index contributed by atoms with van der Waals surface area (Å²) >= 11 is 6.45. The highest BCUT2D eigenvalue weighted by Gasteiger charge is 2.20. The molecule has 1 aromatic heterocycles. The summed E-state index contributed by atoms with van der Waals surface area (Å²) in [7, 11) is 1.69. The van der Waals surface area contributed by atoms with Gasteiger partial charge in [0.25, 0.3) is 0 Å². The fraction of sp³-hybridized carbons (Fsp3) is 0.192. The van der Waals surface area contributed by atoms with Crippen LogP contribution in [0, 0.1) is 10.7 Å². The molecule has 11 heteroatoms. The minimum absolute atomic E-state index is 0.0872. The molecule has 0 saturated carbocycles. The molecular weight excluding hydrogens is 497 g/mol. The smallest absolute Gasteiger partial charge is 0.131 e. The van der Waals surface area contributed by atoms with Crippen molar-refractivity contribution in [2.24, 2.45) is 5.29 Å². The second-order valence-electron chi connectivity index (χ2n) is 8.61. The molecule has 0 radical (unpaired) electrons. The van der Waals surface area contributed by atoms with Crippen LogP contribution in [0.3, 0.4) is 0 Å². The molecular formula is C26H25ClFN7O2. The van der Waals surface area contributed by atoms with Gasteiger partial charge >= 0.3 is 0 Å². The average molecular weight is 522 g/mol. The minimum Gasteiger partial charge on any atom is -0.507 e. The number of fused-ring (bicyclic) bond motifs is 1. The van der Waals surface area contributed by atoms with Gasteiger partial charge in [-0.15, -0.1) is 4.91 Å². The number of hydrogen-bond acceptors (Lipinski definition) is 7. The van der Waals surface area contributed by atoms with E-state index < -0.39 is 5.82 Å². The van der Waals surface area contributed by atoms with Gasteiger partial charge in [-0.05, 0) is 47.5 Å². The Labute approximate surface area is 217 Å². The van der Waals surface area contributed by atoms with Crippen molar-refractivity contribution in [1.82, 2.24) is 20.8 Å². The van der Waals surface area contributed by atoms with Crippen molar-refractivity contribution in [2.75, 3.05) is 43.1 Å². The number of nitrogens with zero attached hydrogens (tertiary/aromatic N) is 4. The van der Waals surface area contributed by atoms with Crippen molar-refractivity contribution >= 4 is 33.9 Å². The molecule has 2 heterocycles. The molecule has 9 nitrogen and oxygen atoms in total. The number of aromatic hydroxyl groups is 1. The number of phenols is 1. The first-order chi connectivity index (χ1) is 18.0. The molecule has 0 unspecified atom stereocenters. The predicted octanol–water partition coefficient (Wildman–Crippen LogP) is 4.98. The number of phenolic OH excluding ortho intramolecular Hbond substituents is 1. The Kier molecular flexibility index (Phi) is 6.93. The van der Waals surface area contributed by atoms with E-state index >= 15 is 0 Å². The molecule has 4 aromatic rings. The van der Waals surface area contributed by atoms with Gasteiger partial charge in [-0.1, -0.05) is 17.7 Å². The SMILES string of the molecule is CN/C=C\N(N=O)c1ccc(-c2cc(F)cc(-c3cc(N4CCNCC4)c4cn[nH]c4c3)c2O)cc1Cl. The van der Waals surface area contributed by atoms with Crippen LogP contribution >= 0.6 is 11.6 Å². The van der Waals surface area contributed by atoms with Crippen LogP contribution < -0.4 is 20.5 Å². The van der Waals surface area contributed by atoms with Gasteiger partial charge in [-0.3, -0.25) is 5.10 Å². The number of H-pyrrole nitrogens is 1. The fourth-order valence-corrected chi connectivity index (χ4v) is 4.82. The summed E-state index contributed by atoms with van der Waals surface area (Å²) in [5.74, 6) is -0.597. The lowest BCUT2D eigenvalue weighted by molar-refractivity contribution is 0.477. The Bertz CT molecular complexity index is 1480. The molecule has 1 aliphatic rings. The van der Waals surface area contributed by atoms with E-state index in [0.717, 1.165) is 47.8 Å². The highest BCUT2D eigenvalue weighted by Crippen LogP contribution is 2.43. The van der Waals surface area contributed by atoms with E-state index in [4.69, 9.17) is 11.6 Å². The van der Waals surface area contributed by atoms with Crippen LogP contribution in [0.5, 0.6) is 5.75 Å². The Balaban J connectivity index is 1.59. The van der Waals surface area contributed by atoms with Gasteiger partial charge in [-0.2, -0.15) is 5.10 Å². The molecule has 1 aliphatic heterocycles. The zero-order chi connectivity index (χ0) is 25.9. The number of hydrogen-bond donors (Lipinski definition) is 4. The van der Waals surface area contributed by atoms with Gasteiger partial charge in [0.15, 0.2) is 0 Å². The first-order valence-corrected chi connectivity index (χ1v) is 12.1. The second kappa shape index (κ2) is 10.5. The molecule has 37 heavy (non-hydrogen) atoms. The standard InChI is InChI=1S/C26H25ClFN7O2/c1-29-4-9-35(33-37)24-3-2-16(10-22(24)27)19-13-18(28)14-20(26(19)36)17-11-23-21(15-31-32-23)25(12-17)34-7-5-30-6-8-34/h2-4,9-15,29-30,36H,5-8H2,1H3,(H,31,32)/b9-4-. The van der Waals surface area contributed by atoms with Crippen LogP contribution in [-0.4, -0.2) is 48.5 Å². The molecule has 1 fully saturated rings.